The molecule has 9 heteroatoms. The number of nitrogens with zero attached hydrogens (tertiary/aromatic N) is 1. The van der Waals surface area contributed by atoms with Crippen LogP contribution in [0.25, 0.3) is 11.3 Å². The first kappa shape index (κ1) is 14.6. The molecule has 1 heterocycles. The Morgan fingerprint density at radius 1 is 0.900 bits per heavy atom. The van der Waals surface area contributed by atoms with E-state index >= 15 is 0 Å². The minimum atomic E-state index is -4.89. The number of nitrogens with two attached hydrogens (primary N) is 1. The van der Waals surface area contributed by atoms with E-state index < -0.39 is 23.5 Å². The van der Waals surface area contributed by atoms with E-state index in [-0.39, 0.29) is 22.3 Å². The first-order valence-corrected chi connectivity index (χ1v) is 5.96. The molecular weight excluding hydrogens is 306 g/mol. The fourth-order valence-corrected chi connectivity index (χ4v) is 2.12. The Kier molecular flexibility index (Phi) is 3.41. The predicted molar refractivity (Wildman–Crippen MR) is 62.0 cm³/mol. The Hall–Kier alpha value is -1.77. The molecule has 0 spiro atoms. The summed E-state index contributed by atoms with van der Waals surface area (Å²) >= 11 is 0.930. The van der Waals surface area contributed by atoms with Gasteiger partial charge in [-0.05, 0) is 18.2 Å². The van der Waals surface area contributed by atoms with Crippen LogP contribution in [0.1, 0.15) is 11.1 Å². The summed E-state index contributed by atoms with van der Waals surface area (Å²) in [6, 6.07) is 1.26. The van der Waals surface area contributed by atoms with Crippen LogP contribution >= 0.6 is 11.3 Å². The van der Waals surface area contributed by atoms with E-state index in [2.05, 4.69) is 4.98 Å². The van der Waals surface area contributed by atoms with Crippen molar-refractivity contribution < 1.29 is 26.3 Å². The zero-order chi connectivity index (χ0) is 15.1. The highest BCUT2D eigenvalue weighted by molar-refractivity contribution is 7.14. The Morgan fingerprint density at radius 2 is 1.40 bits per heavy atom. The van der Waals surface area contributed by atoms with E-state index in [9.17, 15) is 26.3 Å². The zero-order valence-corrected chi connectivity index (χ0v) is 10.3. The Morgan fingerprint density at radius 3 is 1.75 bits per heavy atom. The number of anilines is 1. The maximum absolute atomic E-state index is 12.7. The van der Waals surface area contributed by atoms with Crippen LogP contribution in [-0.2, 0) is 12.4 Å². The van der Waals surface area contributed by atoms with Crippen molar-refractivity contribution in [2.45, 2.75) is 12.4 Å². The Balaban J connectivity index is 2.67. The van der Waals surface area contributed by atoms with Crippen LogP contribution in [0.5, 0.6) is 0 Å². The van der Waals surface area contributed by atoms with Crippen LogP contribution in [-0.4, -0.2) is 4.98 Å². The molecule has 0 unspecified atom stereocenters. The van der Waals surface area contributed by atoms with Gasteiger partial charge in [0.1, 0.15) is 10.7 Å². The average Bonchev–Trinajstić information content (AvgIpc) is 2.72. The van der Waals surface area contributed by atoms with Crippen molar-refractivity contribution in [1.82, 2.24) is 4.98 Å². The summed E-state index contributed by atoms with van der Waals surface area (Å²) in [4.78, 5) is 3.69. The quantitative estimate of drug-likeness (QED) is 0.791. The summed E-state index contributed by atoms with van der Waals surface area (Å²) in [5, 5.41) is 0.0532. The van der Waals surface area contributed by atoms with Crippen molar-refractivity contribution in [1.29, 1.82) is 0 Å². The van der Waals surface area contributed by atoms with Gasteiger partial charge in [-0.15, -0.1) is 11.3 Å². The van der Waals surface area contributed by atoms with Gasteiger partial charge in [-0.1, -0.05) is 0 Å². The number of rotatable bonds is 1. The molecule has 2 rings (SSSR count). The molecule has 2 aromatic rings. The number of hydrogen-bond donors (Lipinski definition) is 1. The van der Waals surface area contributed by atoms with Gasteiger partial charge in [0.15, 0.2) is 0 Å². The largest absolute Gasteiger partial charge is 0.416 e. The average molecular weight is 312 g/mol. The SMILES string of the molecule is Nc1scnc1-c1cc(C(F)(F)F)cc(C(F)(F)F)c1. The molecule has 2 nitrogen and oxygen atoms in total. The molecule has 1 aromatic carbocycles. The van der Waals surface area contributed by atoms with E-state index in [0.717, 1.165) is 11.3 Å². The minimum absolute atomic E-state index is 0.0532. The van der Waals surface area contributed by atoms with Gasteiger partial charge in [-0.2, -0.15) is 26.3 Å². The molecule has 0 fully saturated rings. The second-order valence-electron chi connectivity index (χ2n) is 3.86. The molecule has 2 N–H and O–H groups in total. The highest BCUT2D eigenvalue weighted by atomic mass is 32.1. The molecule has 0 saturated heterocycles. The fraction of sp³-hybridized carbons (Fsp3) is 0.182. The van der Waals surface area contributed by atoms with Crippen LogP contribution in [0.3, 0.4) is 0 Å². The van der Waals surface area contributed by atoms with E-state index in [1.165, 1.54) is 5.51 Å². The van der Waals surface area contributed by atoms with Crippen molar-refractivity contribution in [3.05, 3.63) is 34.8 Å². The fourth-order valence-electron chi connectivity index (χ4n) is 1.56. The van der Waals surface area contributed by atoms with Gasteiger partial charge in [0, 0.05) is 5.56 Å². The maximum Gasteiger partial charge on any atom is 0.416 e. The smallest absolute Gasteiger partial charge is 0.389 e. The number of hydrogen-bond acceptors (Lipinski definition) is 3. The van der Waals surface area contributed by atoms with Crippen molar-refractivity contribution in [2.75, 3.05) is 5.73 Å². The third-order valence-electron chi connectivity index (χ3n) is 2.46. The third kappa shape index (κ3) is 2.87. The lowest BCUT2D eigenvalue weighted by Crippen LogP contribution is -2.11. The molecule has 0 bridgehead atoms. The van der Waals surface area contributed by atoms with Gasteiger partial charge in [0.05, 0.1) is 16.6 Å². The number of aromatic nitrogens is 1. The number of halogens is 6. The van der Waals surface area contributed by atoms with Crippen molar-refractivity contribution in [3.8, 4) is 11.3 Å². The minimum Gasteiger partial charge on any atom is -0.389 e. The lowest BCUT2D eigenvalue weighted by atomic mass is 10.0. The highest BCUT2D eigenvalue weighted by Gasteiger charge is 2.37. The van der Waals surface area contributed by atoms with Gasteiger partial charge in [0.2, 0.25) is 0 Å². The molecule has 108 valence electrons. The van der Waals surface area contributed by atoms with E-state index in [0.29, 0.717) is 12.1 Å². The van der Waals surface area contributed by atoms with E-state index in [4.69, 9.17) is 5.73 Å². The summed E-state index contributed by atoms with van der Waals surface area (Å²) in [5.41, 5.74) is 3.54. The second kappa shape index (κ2) is 4.65. The van der Waals surface area contributed by atoms with Crippen LogP contribution < -0.4 is 5.73 Å². The first-order chi connectivity index (χ1) is 9.09. The molecule has 0 radical (unpaired) electrons. The Labute approximate surface area is 112 Å². The molecule has 1 aromatic heterocycles. The van der Waals surface area contributed by atoms with Gasteiger partial charge in [0.25, 0.3) is 0 Å². The summed E-state index contributed by atoms with van der Waals surface area (Å²) in [5.74, 6) is 0. The molecule has 0 amide bonds. The van der Waals surface area contributed by atoms with Crippen LogP contribution in [0, 0.1) is 0 Å². The molecule has 0 aliphatic rings. The lowest BCUT2D eigenvalue weighted by Gasteiger charge is -2.13. The maximum atomic E-state index is 12.7. The molecular formula is C11H6F6N2S. The number of benzene rings is 1. The molecule has 0 atom stereocenters. The van der Waals surface area contributed by atoms with Gasteiger partial charge in [-0.25, -0.2) is 4.98 Å². The topological polar surface area (TPSA) is 38.9 Å². The highest BCUT2D eigenvalue weighted by Crippen LogP contribution is 2.39. The van der Waals surface area contributed by atoms with Gasteiger partial charge in [-0.3, -0.25) is 0 Å². The number of nitrogen functional groups attached to an aromatic ring is 1. The van der Waals surface area contributed by atoms with E-state index in [1.54, 1.807) is 0 Å². The third-order valence-corrected chi connectivity index (χ3v) is 3.11. The van der Waals surface area contributed by atoms with Gasteiger partial charge < -0.3 is 5.73 Å². The van der Waals surface area contributed by atoms with Gasteiger partial charge >= 0.3 is 12.4 Å². The normalized spacial score (nSPS) is 12.7. The second-order valence-corrected chi connectivity index (χ2v) is 4.75. The number of alkyl halides is 6. The Bertz CT molecular complexity index is 596. The van der Waals surface area contributed by atoms with Crippen molar-refractivity contribution >= 4 is 16.3 Å². The van der Waals surface area contributed by atoms with Crippen molar-refractivity contribution in [3.63, 3.8) is 0 Å². The lowest BCUT2D eigenvalue weighted by molar-refractivity contribution is -0.143. The predicted octanol–water partition coefficient (Wildman–Crippen LogP) is 4.43. The van der Waals surface area contributed by atoms with Crippen molar-refractivity contribution in [2.24, 2.45) is 0 Å². The van der Waals surface area contributed by atoms with Crippen LogP contribution in [0.15, 0.2) is 23.7 Å². The number of thiazole rings is 1. The summed E-state index contributed by atoms with van der Waals surface area (Å²) in [7, 11) is 0. The summed E-state index contributed by atoms with van der Waals surface area (Å²) < 4.78 is 76.0. The zero-order valence-electron chi connectivity index (χ0n) is 9.51. The monoisotopic (exact) mass is 312 g/mol. The first-order valence-electron chi connectivity index (χ1n) is 5.08. The summed E-state index contributed by atoms with van der Waals surface area (Å²) in [6.45, 7) is 0. The molecule has 0 aliphatic carbocycles. The summed E-state index contributed by atoms with van der Waals surface area (Å²) in [6.07, 6.45) is -9.78. The van der Waals surface area contributed by atoms with Crippen LogP contribution in [0.4, 0.5) is 31.3 Å². The molecule has 0 saturated carbocycles. The van der Waals surface area contributed by atoms with E-state index in [1.807, 2.05) is 0 Å². The standard InChI is InChI=1S/C11H6F6N2S/c12-10(13,14)6-1-5(8-9(18)20-4-19-8)2-7(3-6)11(15,16)17/h1-4H,18H2. The molecule has 0 aliphatic heterocycles. The molecule has 20 heavy (non-hydrogen) atoms. The van der Waals surface area contributed by atoms with Crippen LogP contribution in [0.2, 0.25) is 0 Å².